The van der Waals surface area contributed by atoms with Gasteiger partial charge in [-0.05, 0) is 12.1 Å². The molecule has 0 atom stereocenters. The number of hydrogen-bond donors (Lipinski definition) is 2. The molecule has 1 amide bonds. The average molecular weight is 388 g/mol. The van der Waals surface area contributed by atoms with Gasteiger partial charge in [-0.25, -0.2) is 5.43 Å². The summed E-state index contributed by atoms with van der Waals surface area (Å²) in [6.07, 6.45) is 1.49. The van der Waals surface area contributed by atoms with Crippen LogP contribution in [-0.4, -0.2) is 17.1 Å². The summed E-state index contributed by atoms with van der Waals surface area (Å²) in [5, 5.41) is 6.77. The maximum absolute atomic E-state index is 12.3. The zero-order valence-corrected chi connectivity index (χ0v) is 15.0. The van der Waals surface area contributed by atoms with Gasteiger partial charge in [-0.3, -0.25) is 4.79 Å². The van der Waals surface area contributed by atoms with E-state index in [9.17, 15) is 4.79 Å². The number of thiophene rings is 1. The molecule has 0 radical (unpaired) electrons. The van der Waals surface area contributed by atoms with Crippen LogP contribution in [-0.2, 0) is 0 Å². The molecule has 2 heterocycles. The van der Waals surface area contributed by atoms with Gasteiger partial charge in [0.1, 0.15) is 4.88 Å². The Morgan fingerprint density at radius 1 is 1.04 bits per heavy atom. The lowest BCUT2D eigenvalue weighted by Gasteiger charge is -1.97. The quantitative estimate of drug-likeness (QED) is 0.356. The topological polar surface area (TPSA) is 57.2 Å². The molecule has 0 aliphatic rings. The highest BCUT2D eigenvalue weighted by atomic mass is 35.5. The van der Waals surface area contributed by atoms with Crippen LogP contribution in [0.25, 0.3) is 21.0 Å². The molecule has 4 nitrogen and oxygen atoms in total. The Bertz CT molecular complexity index is 1130. The van der Waals surface area contributed by atoms with Crippen molar-refractivity contribution in [3.8, 4) is 0 Å². The van der Waals surface area contributed by atoms with Crippen molar-refractivity contribution in [2.24, 2.45) is 5.10 Å². The zero-order chi connectivity index (χ0) is 17.4. The molecule has 0 bridgehead atoms. The number of H-pyrrole nitrogens is 1. The Hall–Kier alpha value is -2.34. The van der Waals surface area contributed by atoms with Crippen molar-refractivity contribution in [3.63, 3.8) is 0 Å². The van der Waals surface area contributed by atoms with Gasteiger partial charge in [-0.15, -0.1) is 11.3 Å². The molecule has 4 aromatic rings. The third kappa shape index (κ3) is 2.91. The fourth-order valence-electron chi connectivity index (χ4n) is 2.58. The van der Waals surface area contributed by atoms with E-state index in [1.165, 1.54) is 17.6 Å². The smallest absolute Gasteiger partial charge is 0.283 e. The number of carbonyl (C=O) groups is 1. The molecule has 2 aromatic heterocycles. The van der Waals surface area contributed by atoms with Crippen LogP contribution in [0.5, 0.6) is 0 Å². The highest BCUT2D eigenvalue weighted by Gasteiger charge is 2.16. The molecular weight excluding hydrogens is 377 g/mol. The van der Waals surface area contributed by atoms with E-state index in [-0.39, 0.29) is 5.91 Å². The fraction of sp³-hybridized carbons (Fsp3) is 0. The maximum Gasteiger partial charge on any atom is 0.283 e. The minimum atomic E-state index is -0.352. The number of hydrazone groups is 1. The van der Waals surface area contributed by atoms with Crippen molar-refractivity contribution in [1.82, 2.24) is 10.4 Å². The molecule has 0 unspecified atom stereocenters. The molecule has 0 aliphatic carbocycles. The number of aromatic nitrogens is 1. The number of hydrogen-bond acceptors (Lipinski definition) is 3. The lowest BCUT2D eigenvalue weighted by Crippen LogP contribution is -2.16. The first-order valence-electron chi connectivity index (χ1n) is 7.42. The molecule has 0 saturated carbocycles. The highest BCUT2D eigenvalue weighted by molar-refractivity contribution is 7.21. The number of aromatic amines is 1. The van der Waals surface area contributed by atoms with Crippen molar-refractivity contribution in [2.75, 3.05) is 0 Å². The van der Waals surface area contributed by atoms with E-state index >= 15 is 0 Å². The first kappa shape index (κ1) is 16.1. The average Bonchev–Trinajstić information content (AvgIpc) is 3.14. The molecule has 0 fully saturated rings. The van der Waals surface area contributed by atoms with Gasteiger partial charge in [0.15, 0.2) is 0 Å². The Kier molecular flexibility index (Phi) is 4.21. The standard InChI is InChI=1S/C18H11Cl2N3OS/c19-15-10-5-1-3-7-12(10)22-13(15)9-21-23-18(24)17-16(20)11-6-2-4-8-14(11)25-17/h1-9,22H,(H,23,24)/b21-9+. The highest BCUT2D eigenvalue weighted by Crippen LogP contribution is 2.35. The van der Waals surface area contributed by atoms with Crippen molar-refractivity contribution in [3.05, 3.63) is 69.1 Å². The van der Waals surface area contributed by atoms with Crippen molar-refractivity contribution < 1.29 is 4.79 Å². The van der Waals surface area contributed by atoms with Gasteiger partial charge in [0.05, 0.1) is 22.0 Å². The summed E-state index contributed by atoms with van der Waals surface area (Å²) in [5.74, 6) is -0.352. The number of nitrogens with zero attached hydrogens (tertiary/aromatic N) is 1. The van der Waals surface area contributed by atoms with Gasteiger partial charge in [-0.1, -0.05) is 59.6 Å². The molecule has 0 saturated heterocycles. The van der Waals surface area contributed by atoms with Crippen LogP contribution in [0.3, 0.4) is 0 Å². The Balaban J connectivity index is 1.57. The molecular formula is C18H11Cl2N3OS. The number of halogens is 2. The van der Waals surface area contributed by atoms with E-state index in [0.29, 0.717) is 20.6 Å². The van der Waals surface area contributed by atoms with Crippen LogP contribution >= 0.6 is 34.5 Å². The number of rotatable bonds is 3. The van der Waals surface area contributed by atoms with E-state index in [2.05, 4.69) is 15.5 Å². The van der Waals surface area contributed by atoms with Gasteiger partial charge in [0.2, 0.25) is 0 Å². The zero-order valence-electron chi connectivity index (χ0n) is 12.7. The van der Waals surface area contributed by atoms with Gasteiger partial charge >= 0.3 is 0 Å². The van der Waals surface area contributed by atoms with Gasteiger partial charge < -0.3 is 4.98 Å². The van der Waals surface area contributed by atoms with E-state index in [1.54, 1.807) is 0 Å². The second kappa shape index (κ2) is 6.52. The predicted molar refractivity (Wildman–Crippen MR) is 105 cm³/mol. The number of amides is 1. The summed E-state index contributed by atoms with van der Waals surface area (Å²) < 4.78 is 0.959. The lowest BCUT2D eigenvalue weighted by molar-refractivity contribution is 0.0959. The SMILES string of the molecule is O=C(N/N=C/c1[nH]c2ccccc2c1Cl)c1sc2ccccc2c1Cl. The number of nitrogens with one attached hydrogen (secondary N) is 2. The number of carbonyl (C=O) groups excluding carboxylic acids is 1. The van der Waals surface area contributed by atoms with Gasteiger partial charge in [0.25, 0.3) is 5.91 Å². The van der Waals surface area contributed by atoms with Gasteiger partial charge in [0, 0.05) is 21.0 Å². The summed E-state index contributed by atoms with van der Waals surface area (Å²) in [4.78, 5) is 15.9. The Labute approximate surface area is 157 Å². The van der Waals surface area contributed by atoms with Crippen LogP contribution in [0.2, 0.25) is 10.0 Å². The normalized spacial score (nSPS) is 11.6. The second-order valence-corrected chi connectivity index (χ2v) is 7.15. The van der Waals surface area contributed by atoms with Crippen molar-refractivity contribution in [2.45, 2.75) is 0 Å². The monoisotopic (exact) mass is 387 g/mol. The van der Waals surface area contributed by atoms with Crippen LogP contribution in [0.4, 0.5) is 0 Å². The fourth-order valence-corrected chi connectivity index (χ4v) is 4.25. The molecule has 7 heteroatoms. The number of benzene rings is 2. The molecule has 0 spiro atoms. The molecule has 2 N–H and O–H groups in total. The predicted octanol–water partition coefficient (Wildman–Crippen LogP) is 5.45. The summed E-state index contributed by atoms with van der Waals surface area (Å²) in [7, 11) is 0. The van der Waals surface area contributed by atoms with Crippen LogP contribution in [0.1, 0.15) is 15.4 Å². The third-order valence-corrected chi connectivity index (χ3v) is 5.85. The summed E-state index contributed by atoms with van der Waals surface area (Å²) in [6.45, 7) is 0. The first-order chi connectivity index (χ1) is 12.1. The maximum atomic E-state index is 12.3. The minimum Gasteiger partial charge on any atom is -0.352 e. The largest absolute Gasteiger partial charge is 0.352 e. The molecule has 2 aromatic carbocycles. The molecule has 0 aliphatic heterocycles. The Morgan fingerprint density at radius 2 is 1.76 bits per heavy atom. The summed E-state index contributed by atoms with van der Waals surface area (Å²) >= 11 is 13.9. The lowest BCUT2D eigenvalue weighted by atomic mass is 10.2. The van der Waals surface area contributed by atoms with Gasteiger partial charge in [-0.2, -0.15) is 5.10 Å². The van der Waals surface area contributed by atoms with Crippen molar-refractivity contribution >= 4 is 67.6 Å². The summed E-state index contributed by atoms with van der Waals surface area (Å²) in [5.41, 5.74) is 4.04. The third-order valence-electron chi connectivity index (χ3n) is 3.77. The minimum absolute atomic E-state index is 0.352. The van der Waals surface area contributed by atoms with Crippen LogP contribution < -0.4 is 5.43 Å². The number of fused-ring (bicyclic) bond motifs is 2. The van der Waals surface area contributed by atoms with Crippen LogP contribution in [0.15, 0.2) is 53.6 Å². The number of para-hydroxylation sites is 1. The van der Waals surface area contributed by atoms with Crippen LogP contribution in [0, 0.1) is 0 Å². The molecule has 25 heavy (non-hydrogen) atoms. The van der Waals surface area contributed by atoms with E-state index in [0.717, 1.165) is 21.0 Å². The molecule has 124 valence electrons. The molecule has 4 rings (SSSR count). The van der Waals surface area contributed by atoms with E-state index < -0.39 is 0 Å². The van der Waals surface area contributed by atoms with E-state index in [4.69, 9.17) is 23.2 Å². The second-order valence-electron chi connectivity index (χ2n) is 5.34. The van der Waals surface area contributed by atoms with E-state index in [1.807, 2.05) is 48.5 Å². The Morgan fingerprint density at radius 3 is 2.52 bits per heavy atom. The first-order valence-corrected chi connectivity index (χ1v) is 8.99. The van der Waals surface area contributed by atoms with Crippen molar-refractivity contribution in [1.29, 1.82) is 0 Å². The summed E-state index contributed by atoms with van der Waals surface area (Å²) in [6, 6.07) is 15.3.